The van der Waals surface area contributed by atoms with E-state index in [0.717, 1.165) is 24.5 Å². The van der Waals surface area contributed by atoms with E-state index in [1.54, 1.807) is 11.8 Å². The van der Waals surface area contributed by atoms with Gasteiger partial charge in [0, 0.05) is 30.4 Å². The molecular weight excluding hydrogens is 292 g/mol. The quantitative estimate of drug-likeness (QED) is 0.793. The summed E-state index contributed by atoms with van der Waals surface area (Å²) in [5.74, 6) is 1.10. The van der Waals surface area contributed by atoms with E-state index in [1.807, 2.05) is 18.2 Å². The molecule has 1 fully saturated rings. The van der Waals surface area contributed by atoms with E-state index in [2.05, 4.69) is 36.6 Å². The van der Waals surface area contributed by atoms with Crippen LogP contribution in [0, 0.1) is 11.8 Å². The van der Waals surface area contributed by atoms with Gasteiger partial charge in [-0.25, -0.2) is 0 Å². The fraction of sp³-hybridized carbons (Fsp3) is 0.533. The van der Waals surface area contributed by atoms with E-state index in [-0.39, 0.29) is 23.6 Å². The monoisotopic (exact) mass is 314 g/mol. The minimum atomic E-state index is -0.0181. The zero-order chi connectivity index (χ0) is 13.7. The number of halogens is 1. The third-order valence-corrected chi connectivity index (χ3v) is 4.86. The highest BCUT2D eigenvalue weighted by molar-refractivity contribution is 8.00. The molecule has 1 aromatic rings. The predicted octanol–water partition coefficient (Wildman–Crippen LogP) is 2.56. The number of amides is 1. The Labute approximate surface area is 131 Å². The van der Waals surface area contributed by atoms with Crippen molar-refractivity contribution in [1.29, 1.82) is 0 Å². The molecular formula is C15H23ClN2OS. The lowest BCUT2D eigenvalue weighted by atomic mass is 10.0. The van der Waals surface area contributed by atoms with Crippen LogP contribution in [0.3, 0.4) is 0 Å². The summed E-state index contributed by atoms with van der Waals surface area (Å²) in [7, 11) is 0. The van der Waals surface area contributed by atoms with Crippen LogP contribution in [0.25, 0.3) is 0 Å². The van der Waals surface area contributed by atoms with Crippen molar-refractivity contribution < 1.29 is 4.79 Å². The average Bonchev–Trinajstić information content (AvgIpc) is 2.34. The Morgan fingerprint density at radius 1 is 1.35 bits per heavy atom. The van der Waals surface area contributed by atoms with Crippen LogP contribution in [0.4, 0.5) is 0 Å². The molecule has 3 nitrogen and oxygen atoms in total. The maximum absolute atomic E-state index is 12.3. The van der Waals surface area contributed by atoms with Gasteiger partial charge in [-0.1, -0.05) is 32.0 Å². The van der Waals surface area contributed by atoms with Crippen LogP contribution < -0.4 is 10.6 Å². The first-order valence-corrected chi connectivity index (χ1v) is 7.75. The minimum Gasteiger partial charge on any atom is -0.355 e. The molecule has 112 valence electrons. The molecule has 0 bridgehead atoms. The Balaban J connectivity index is 0.00000200. The molecule has 0 aromatic heterocycles. The van der Waals surface area contributed by atoms with Crippen LogP contribution in [0.1, 0.15) is 13.8 Å². The number of carbonyl (C=O) groups excluding carboxylic acids is 1. The van der Waals surface area contributed by atoms with Gasteiger partial charge in [-0.2, -0.15) is 0 Å². The second-order valence-electron chi connectivity index (χ2n) is 5.36. The smallest absolute Gasteiger partial charge is 0.233 e. The molecule has 20 heavy (non-hydrogen) atoms. The largest absolute Gasteiger partial charge is 0.355 e. The summed E-state index contributed by atoms with van der Waals surface area (Å²) >= 11 is 1.65. The highest BCUT2D eigenvalue weighted by Crippen LogP contribution is 2.28. The molecule has 5 heteroatoms. The summed E-state index contributed by atoms with van der Waals surface area (Å²) in [6.45, 7) is 7.05. The van der Waals surface area contributed by atoms with Gasteiger partial charge in [0.1, 0.15) is 0 Å². The van der Waals surface area contributed by atoms with Gasteiger partial charge in [-0.15, -0.1) is 24.2 Å². The molecule has 0 radical (unpaired) electrons. The van der Waals surface area contributed by atoms with Gasteiger partial charge in [0.25, 0.3) is 0 Å². The van der Waals surface area contributed by atoms with Crippen LogP contribution in [-0.2, 0) is 4.79 Å². The first kappa shape index (κ1) is 17.3. The van der Waals surface area contributed by atoms with Crippen molar-refractivity contribution in [2.75, 3.05) is 19.6 Å². The minimum absolute atomic E-state index is 0. The summed E-state index contributed by atoms with van der Waals surface area (Å²) in [5.41, 5.74) is 0. The zero-order valence-electron chi connectivity index (χ0n) is 12.0. The van der Waals surface area contributed by atoms with Gasteiger partial charge in [0.2, 0.25) is 5.91 Å². The second-order valence-corrected chi connectivity index (χ2v) is 6.58. The highest BCUT2D eigenvalue weighted by Gasteiger charge is 2.25. The standard InChI is InChI=1S/C15H22N2OS.ClH/c1-11(2)14(19-13-6-4-3-5-7-13)15(18)17-10-12-8-16-9-12;/h3-7,11-12,14,16H,8-10H2,1-2H3,(H,17,18);1H. The third-order valence-electron chi connectivity index (χ3n) is 3.30. The molecule has 0 aliphatic carbocycles. The first-order chi connectivity index (χ1) is 9.16. The van der Waals surface area contributed by atoms with Gasteiger partial charge >= 0.3 is 0 Å². The van der Waals surface area contributed by atoms with E-state index < -0.39 is 0 Å². The molecule has 1 saturated heterocycles. The molecule has 1 aliphatic rings. The van der Waals surface area contributed by atoms with Gasteiger partial charge in [-0.3, -0.25) is 4.79 Å². The van der Waals surface area contributed by atoms with Crippen molar-refractivity contribution >= 4 is 30.1 Å². The molecule has 2 rings (SSSR count). The van der Waals surface area contributed by atoms with Gasteiger partial charge < -0.3 is 10.6 Å². The van der Waals surface area contributed by atoms with Crippen molar-refractivity contribution in [2.45, 2.75) is 24.0 Å². The zero-order valence-corrected chi connectivity index (χ0v) is 13.6. The van der Waals surface area contributed by atoms with Crippen molar-refractivity contribution in [3.8, 4) is 0 Å². The number of hydrogen-bond acceptors (Lipinski definition) is 3. The number of benzene rings is 1. The Kier molecular flexibility index (Phi) is 7.41. The van der Waals surface area contributed by atoms with E-state index >= 15 is 0 Å². The lowest BCUT2D eigenvalue weighted by molar-refractivity contribution is -0.121. The van der Waals surface area contributed by atoms with Crippen LogP contribution in [0.5, 0.6) is 0 Å². The van der Waals surface area contributed by atoms with Crippen LogP contribution in [0.2, 0.25) is 0 Å². The van der Waals surface area contributed by atoms with Crippen molar-refractivity contribution in [3.05, 3.63) is 30.3 Å². The Morgan fingerprint density at radius 2 is 2.00 bits per heavy atom. The van der Waals surface area contributed by atoms with E-state index in [1.165, 1.54) is 0 Å². The summed E-state index contributed by atoms with van der Waals surface area (Å²) in [4.78, 5) is 13.4. The molecule has 1 aliphatic heterocycles. The molecule has 1 unspecified atom stereocenters. The normalized spacial score (nSPS) is 16.1. The Bertz CT molecular complexity index is 410. The van der Waals surface area contributed by atoms with Crippen molar-refractivity contribution in [2.24, 2.45) is 11.8 Å². The summed E-state index contributed by atoms with van der Waals surface area (Å²) < 4.78 is 0. The molecule has 1 atom stereocenters. The summed E-state index contributed by atoms with van der Waals surface area (Å²) in [6, 6.07) is 10.1. The van der Waals surface area contributed by atoms with Crippen LogP contribution >= 0.6 is 24.2 Å². The number of carbonyl (C=O) groups is 1. The summed E-state index contributed by atoms with van der Waals surface area (Å²) in [5, 5.41) is 6.29. The average molecular weight is 315 g/mol. The number of nitrogens with one attached hydrogen (secondary N) is 2. The molecule has 0 saturated carbocycles. The number of hydrogen-bond donors (Lipinski definition) is 2. The number of thioether (sulfide) groups is 1. The van der Waals surface area contributed by atoms with Gasteiger partial charge in [0.05, 0.1) is 5.25 Å². The molecule has 1 amide bonds. The first-order valence-electron chi connectivity index (χ1n) is 6.87. The molecule has 2 N–H and O–H groups in total. The predicted molar refractivity (Wildman–Crippen MR) is 87.5 cm³/mol. The second kappa shape index (κ2) is 8.55. The third kappa shape index (κ3) is 5.00. The molecule has 1 heterocycles. The van der Waals surface area contributed by atoms with Crippen molar-refractivity contribution in [3.63, 3.8) is 0 Å². The van der Waals surface area contributed by atoms with E-state index in [9.17, 15) is 4.79 Å². The maximum atomic E-state index is 12.3. The topological polar surface area (TPSA) is 41.1 Å². The summed E-state index contributed by atoms with van der Waals surface area (Å²) in [6.07, 6.45) is 0. The Hall–Kier alpha value is -0.710. The molecule has 0 spiro atoms. The van der Waals surface area contributed by atoms with E-state index in [0.29, 0.717) is 11.8 Å². The fourth-order valence-electron chi connectivity index (χ4n) is 1.98. The van der Waals surface area contributed by atoms with Crippen LogP contribution in [0.15, 0.2) is 35.2 Å². The van der Waals surface area contributed by atoms with E-state index in [4.69, 9.17) is 0 Å². The van der Waals surface area contributed by atoms with Crippen molar-refractivity contribution in [1.82, 2.24) is 10.6 Å². The van der Waals surface area contributed by atoms with Gasteiger partial charge in [-0.05, 0) is 18.1 Å². The lowest BCUT2D eigenvalue weighted by Crippen LogP contribution is -2.49. The maximum Gasteiger partial charge on any atom is 0.233 e. The highest BCUT2D eigenvalue weighted by atomic mass is 35.5. The number of rotatable bonds is 6. The SMILES string of the molecule is CC(C)C(Sc1ccccc1)C(=O)NCC1CNC1.Cl. The van der Waals surface area contributed by atoms with Gasteiger partial charge in [0.15, 0.2) is 0 Å². The molecule has 1 aromatic carbocycles. The lowest BCUT2D eigenvalue weighted by Gasteiger charge is -2.28. The Morgan fingerprint density at radius 3 is 2.50 bits per heavy atom. The fourth-order valence-corrected chi connectivity index (χ4v) is 3.05. The van der Waals surface area contributed by atoms with Crippen LogP contribution in [-0.4, -0.2) is 30.8 Å².